The summed E-state index contributed by atoms with van der Waals surface area (Å²) in [7, 11) is 3.51. The topological polar surface area (TPSA) is 93.5 Å². The van der Waals surface area contributed by atoms with E-state index in [1.54, 1.807) is 19.9 Å². The molecule has 3 aromatic rings. The Bertz CT molecular complexity index is 1650. The molecule has 8 nitrogen and oxygen atoms in total. The van der Waals surface area contributed by atoms with E-state index in [1.165, 1.54) is 31.4 Å². The third-order valence-electron chi connectivity index (χ3n) is 8.63. The van der Waals surface area contributed by atoms with E-state index in [1.807, 2.05) is 11.9 Å². The van der Waals surface area contributed by atoms with Crippen molar-refractivity contribution in [3.63, 3.8) is 0 Å². The number of aliphatic imine (C=N–C) groups is 1. The molecule has 0 amide bonds. The fraction of sp³-hybridized carbons (Fsp3) is 0.438. The van der Waals surface area contributed by atoms with Gasteiger partial charge >= 0.3 is 0 Å². The third-order valence-corrected chi connectivity index (χ3v) is 8.63. The minimum atomic E-state index is -1.16. The number of aliphatic hydroxyl groups is 1. The maximum atomic E-state index is 17.4. The first-order valence-electron chi connectivity index (χ1n) is 14.3. The first-order valence-corrected chi connectivity index (χ1v) is 14.3. The Labute approximate surface area is 244 Å². The number of aromatic nitrogens is 1. The number of aromatic hydroxyl groups is 1. The van der Waals surface area contributed by atoms with E-state index >= 15 is 4.39 Å². The van der Waals surface area contributed by atoms with Gasteiger partial charge < -0.3 is 25.2 Å². The third kappa shape index (κ3) is 4.71. The van der Waals surface area contributed by atoms with Crippen molar-refractivity contribution < 1.29 is 23.7 Å². The summed E-state index contributed by atoms with van der Waals surface area (Å²) in [5.41, 5.74) is 0.329. The number of likely N-dealkylation sites (tertiary alicyclic amines) is 1. The van der Waals surface area contributed by atoms with Crippen molar-refractivity contribution in [2.45, 2.75) is 63.7 Å². The molecule has 6 rings (SSSR count). The number of piperidine rings is 1. The fourth-order valence-corrected chi connectivity index (χ4v) is 6.66. The molecular formula is C32H35F2N5O3. The van der Waals surface area contributed by atoms with Gasteiger partial charge in [-0.25, -0.2) is 18.8 Å². The number of pyridine rings is 1. The van der Waals surface area contributed by atoms with Gasteiger partial charge in [0.05, 0.1) is 34.8 Å². The second kappa shape index (κ2) is 10.9. The van der Waals surface area contributed by atoms with Crippen LogP contribution >= 0.6 is 0 Å². The Morgan fingerprint density at radius 2 is 2.00 bits per heavy atom. The summed E-state index contributed by atoms with van der Waals surface area (Å²) in [5, 5.41) is 26.4. The molecular weight excluding hydrogens is 540 g/mol. The van der Waals surface area contributed by atoms with Gasteiger partial charge in [-0.05, 0) is 101 Å². The standard InChI is InChI=1S/C32H35F2N5O3/c1-5-8-23-25-28(30-32(2,41)12-7-13-35-30)37-31(42-4)39(24-9-6-14-38(24)3)29(25)26(34)27(36-23)22-17-20(40)15-18-10-11-19(33)16-21(18)22/h10-11,15-17,24,30-31,35,40-41H,6-7,9,12-14H2,1-4H3/t24-,30?,31?,32?/m0/s1. The Kier molecular flexibility index (Phi) is 7.39. The van der Waals surface area contributed by atoms with Crippen LogP contribution in [0.2, 0.25) is 0 Å². The van der Waals surface area contributed by atoms with E-state index in [4.69, 9.17) is 14.7 Å². The van der Waals surface area contributed by atoms with Gasteiger partial charge in [0.2, 0.25) is 6.35 Å². The number of methoxy groups -OCH3 is 1. The maximum Gasteiger partial charge on any atom is 0.229 e. The highest BCUT2D eigenvalue weighted by Crippen LogP contribution is 2.44. The van der Waals surface area contributed by atoms with E-state index in [9.17, 15) is 14.6 Å². The Morgan fingerprint density at radius 1 is 1.19 bits per heavy atom. The van der Waals surface area contributed by atoms with Crippen LogP contribution in [0, 0.1) is 23.5 Å². The molecule has 4 heterocycles. The normalized spacial score (nSPS) is 26.1. The average molecular weight is 576 g/mol. The molecule has 2 fully saturated rings. The zero-order valence-electron chi connectivity index (χ0n) is 24.2. The zero-order chi connectivity index (χ0) is 29.8. The summed E-state index contributed by atoms with van der Waals surface area (Å²) < 4.78 is 37.7. The van der Waals surface area contributed by atoms with E-state index in [-0.39, 0.29) is 34.6 Å². The zero-order valence-corrected chi connectivity index (χ0v) is 24.2. The first kappa shape index (κ1) is 28.5. The lowest BCUT2D eigenvalue weighted by Gasteiger charge is -2.46. The molecule has 220 valence electrons. The summed E-state index contributed by atoms with van der Waals surface area (Å²) in [5.74, 6) is 4.72. The minimum absolute atomic E-state index is 0.0666. The molecule has 2 saturated heterocycles. The number of ether oxygens (including phenoxy) is 1. The van der Waals surface area contributed by atoms with Crippen molar-refractivity contribution in [2.24, 2.45) is 4.99 Å². The van der Waals surface area contributed by atoms with Crippen LogP contribution in [0.4, 0.5) is 14.5 Å². The highest BCUT2D eigenvalue weighted by atomic mass is 19.1. The van der Waals surface area contributed by atoms with Crippen molar-refractivity contribution in [2.75, 3.05) is 32.1 Å². The van der Waals surface area contributed by atoms with Gasteiger partial charge in [0.1, 0.15) is 23.0 Å². The lowest BCUT2D eigenvalue weighted by molar-refractivity contribution is 0.0149. The number of anilines is 1. The van der Waals surface area contributed by atoms with Crippen LogP contribution < -0.4 is 10.2 Å². The van der Waals surface area contributed by atoms with Crippen molar-refractivity contribution in [3.8, 4) is 28.8 Å². The van der Waals surface area contributed by atoms with Gasteiger partial charge in [0.15, 0.2) is 5.82 Å². The lowest BCUT2D eigenvalue weighted by Crippen LogP contribution is -2.60. The first-order chi connectivity index (χ1) is 20.1. The second-order valence-corrected chi connectivity index (χ2v) is 11.5. The number of phenols is 1. The van der Waals surface area contributed by atoms with Gasteiger partial charge in [-0.3, -0.25) is 4.90 Å². The monoisotopic (exact) mass is 575 g/mol. The molecule has 0 radical (unpaired) electrons. The quantitative estimate of drug-likeness (QED) is 0.399. The van der Waals surface area contributed by atoms with Crippen LogP contribution in [-0.2, 0) is 4.74 Å². The van der Waals surface area contributed by atoms with Crippen molar-refractivity contribution in [1.29, 1.82) is 0 Å². The number of nitrogens with zero attached hydrogens (tertiary/aromatic N) is 4. The van der Waals surface area contributed by atoms with Crippen LogP contribution in [0.5, 0.6) is 5.75 Å². The number of rotatable bonds is 4. The highest BCUT2D eigenvalue weighted by Gasteiger charge is 2.46. The number of halogens is 2. The van der Waals surface area contributed by atoms with E-state index in [0.29, 0.717) is 35.0 Å². The van der Waals surface area contributed by atoms with E-state index in [0.717, 1.165) is 25.8 Å². The summed E-state index contributed by atoms with van der Waals surface area (Å²) in [6.07, 6.45) is 1.87. The summed E-state index contributed by atoms with van der Waals surface area (Å²) in [4.78, 5) is 13.7. The molecule has 3 unspecified atom stereocenters. The van der Waals surface area contributed by atoms with Crippen LogP contribution in [0.15, 0.2) is 35.3 Å². The summed E-state index contributed by atoms with van der Waals surface area (Å²) >= 11 is 0. The molecule has 3 N–H and O–H groups in total. The lowest BCUT2D eigenvalue weighted by atomic mass is 9.81. The van der Waals surface area contributed by atoms with E-state index < -0.39 is 29.6 Å². The molecule has 3 aliphatic rings. The number of phenolic OH excluding ortho intramolecular Hbond substituents is 1. The van der Waals surface area contributed by atoms with Gasteiger partial charge in [-0.2, -0.15) is 0 Å². The average Bonchev–Trinajstić information content (AvgIpc) is 3.38. The SMILES string of the molecule is CC#Cc1nc(-c2cc(O)cc3ccc(F)cc23)c(F)c2c1C(C1NCCCC1(C)O)=NC(OC)N2[C@H]1CCCN1C. The highest BCUT2D eigenvalue weighted by molar-refractivity contribution is 6.13. The van der Waals surface area contributed by atoms with Crippen molar-refractivity contribution >= 4 is 22.2 Å². The molecule has 0 aliphatic carbocycles. The molecule has 42 heavy (non-hydrogen) atoms. The van der Waals surface area contributed by atoms with Gasteiger partial charge in [-0.15, -0.1) is 0 Å². The van der Waals surface area contributed by atoms with Crippen LogP contribution in [0.3, 0.4) is 0 Å². The van der Waals surface area contributed by atoms with Crippen molar-refractivity contribution in [3.05, 3.63) is 53.2 Å². The molecule has 3 aliphatic heterocycles. The van der Waals surface area contributed by atoms with Gasteiger partial charge in [0, 0.05) is 12.7 Å². The molecule has 10 heteroatoms. The Balaban J connectivity index is 1.70. The number of nitrogens with one attached hydrogen (secondary N) is 1. The smallest absolute Gasteiger partial charge is 0.229 e. The van der Waals surface area contributed by atoms with E-state index in [2.05, 4.69) is 22.1 Å². The van der Waals surface area contributed by atoms with Crippen LogP contribution in [0.1, 0.15) is 50.8 Å². The van der Waals surface area contributed by atoms with Gasteiger partial charge in [-0.1, -0.05) is 12.0 Å². The Hall–Kier alpha value is -3.62. The van der Waals surface area contributed by atoms with Gasteiger partial charge in [0.25, 0.3) is 0 Å². The number of hydrogen-bond donors (Lipinski definition) is 3. The predicted octanol–water partition coefficient (Wildman–Crippen LogP) is 4.35. The number of fused-ring (bicyclic) bond motifs is 2. The molecule has 2 aromatic carbocycles. The summed E-state index contributed by atoms with van der Waals surface area (Å²) in [6.45, 7) is 4.90. The fourth-order valence-electron chi connectivity index (χ4n) is 6.66. The largest absolute Gasteiger partial charge is 0.508 e. The number of hydrogen-bond acceptors (Lipinski definition) is 8. The predicted molar refractivity (Wildman–Crippen MR) is 158 cm³/mol. The maximum absolute atomic E-state index is 17.4. The summed E-state index contributed by atoms with van der Waals surface area (Å²) in [6, 6.07) is 6.43. The second-order valence-electron chi connectivity index (χ2n) is 11.5. The van der Waals surface area contributed by atoms with Crippen molar-refractivity contribution in [1.82, 2.24) is 15.2 Å². The minimum Gasteiger partial charge on any atom is -0.508 e. The Morgan fingerprint density at radius 3 is 2.69 bits per heavy atom. The molecule has 4 atom stereocenters. The van der Waals surface area contributed by atoms with Crippen LogP contribution in [0.25, 0.3) is 22.0 Å². The molecule has 1 aromatic heterocycles. The number of benzene rings is 2. The molecule has 0 spiro atoms. The molecule has 0 bridgehead atoms. The molecule has 0 saturated carbocycles. The van der Waals surface area contributed by atoms with Crippen LogP contribution in [-0.4, -0.2) is 77.2 Å².